The van der Waals surface area contributed by atoms with Crippen molar-refractivity contribution in [1.29, 1.82) is 0 Å². The minimum Gasteiger partial charge on any atom is -0.346 e. The molecule has 0 bridgehead atoms. The van der Waals surface area contributed by atoms with Crippen molar-refractivity contribution in [2.24, 2.45) is 0 Å². The molecular weight excluding hydrogens is 350 g/mol. The summed E-state index contributed by atoms with van der Waals surface area (Å²) in [7, 11) is -3.13. The SMILES string of the molecule is O=S(=O)(C1CCCC1)N1CCC(n2cnc3cnc4[nH]ccc4c32)CC1. The highest BCUT2D eigenvalue weighted by Gasteiger charge is 2.36. The molecule has 0 atom stereocenters. The van der Waals surface area contributed by atoms with Crippen LogP contribution in [0.25, 0.3) is 22.1 Å². The number of aromatic nitrogens is 4. The van der Waals surface area contributed by atoms with Crippen molar-refractivity contribution in [3.8, 4) is 0 Å². The van der Waals surface area contributed by atoms with Crippen molar-refractivity contribution in [2.75, 3.05) is 13.1 Å². The number of hydrogen-bond acceptors (Lipinski definition) is 4. The molecule has 2 fully saturated rings. The van der Waals surface area contributed by atoms with Crippen molar-refractivity contribution in [3.63, 3.8) is 0 Å². The molecule has 1 saturated heterocycles. The molecular formula is C18H23N5O2S. The zero-order chi connectivity index (χ0) is 17.7. The van der Waals surface area contributed by atoms with Crippen LogP contribution in [0.15, 0.2) is 24.8 Å². The summed E-state index contributed by atoms with van der Waals surface area (Å²) in [6.45, 7) is 1.20. The van der Waals surface area contributed by atoms with E-state index in [1.807, 2.05) is 18.6 Å². The predicted octanol–water partition coefficient (Wildman–Crippen LogP) is 2.82. The van der Waals surface area contributed by atoms with Gasteiger partial charge in [0.15, 0.2) is 0 Å². The van der Waals surface area contributed by atoms with Gasteiger partial charge in [0, 0.05) is 30.7 Å². The van der Waals surface area contributed by atoms with Crippen molar-refractivity contribution in [3.05, 3.63) is 24.8 Å². The maximum absolute atomic E-state index is 12.8. The third-order valence-corrected chi connectivity index (χ3v) is 8.42. The number of piperidine rings is 1. The number of nitrogens with zero attached hydrogens (tertiary/aromatic N) is 4. The maximum atomic E-state index is 12.8. The highest BCUT2D eigenvalue weighted by molar-refractivity contribution is 7.89. The molecule has 2 aliphatic rings. The third-order valence-electron chi connectivity index (χ3n) is 6.02. The second-order valence-corrected chi connectivity index (χ2v) is 9.68. The standard InChI is InChI=1S/C18H23N5O2S/c24-26(25,14-3-1-2-4-14)22-9-6-13(7-10-22)23-12-21-16-11-20-18-15(17(16)23)5-8-19-18/h5,8,11-14H,1-4,6-7,9-10H2,(H,19,20). The summed E-state index contributed by atoms with van der Waals surface area (Å²) >= 11 is 0. The van der Waals surface area contributed by atoms with Gasteiger partial charge in [-0.05, 0) is 31.7 Å². The lowest BCUT2D eigenvalue weighted by molar-refractivity contribution is 0.275. The Labute approximate surface area is 152 Å². The summed E-state index contributed by atoms with van der Waals surface area (Å²) < 4.78 is 29.6. The molecule has 138 valence electrons. The summed E-state index contributed by atoms with van der Waals surface area (Å²) in [4.78, 5) is 12.1. The summed E-state index contributed by atoms with van der Waals surface area (Å²) in [5.74, 6) is 0. The van der Waals surface area contributed by atoms with Gasteiger partial charge in [0.1, 0.15) is 11.2 Å². The molecule has 0 radical (unpaired) electrons. The normalized spacial score (nSPS) is 21.2. The van der Waals surface area contributed by atoms with Gasteiger partial charge >= 0.3 is 0 Å². The van der Waals surface area contributed by atoms with Gasteiger partial charge in [-0.25, -0.2) is 22.7 Å². The van der Waals surface area contributed by atoms with Gasteiger partial charge in [-0.3, -0.25) is 0 Å². The zero-order valence-corrected chi connectivity index (χ0v) is 15.5. The molecule has 26 heavy (non-hydrogen) atoms. The largest absolute Gasteiger partial charge is 0.346 e. The molecule has 0 spiro atoms. The van der Waals surface area contributed by atoms with E-state index >= 15 is 0 Å². The quantitative estimate of drug-likeness (QED) is 0.765. The van der Waals surface area contributed by atoms with E-state index in [9.17, 15) is 8.42 Å². The van der Waals surface area contributed by atoms with Crippen LogP contribution in [0.5, 0.6) is 0 Å². The predicted molar refractivity (Wildman–Crippen MR) is 100 cm³/mol. The molecule has 3 aromatic rings. The van der Waals surface area contributed by atoms with Gasteiger partial charge in [-0.2, -0.15) is 0 Å². The number of aromatic amines is 1. The first-order valence-corrected chi connectivity index (χ1v) is 10.9. The Hall–Kier alpha value is -1.93. The van der Waals surface area contributed by atoms with Gasteiger partial charge in [0.25, 0.3) is 0 Å². The highest BCUT2D eigenvalue weighted by atomic mass is 32.2. The van der Waals surface area contributed by atoms with Crippen LogP contribution >= 0.6 is 0 Å². The molecule has 0 unspecified atom stereocenters. The second-order valence-electron chi connectivity index (χ2n) is 7.47. The summed E-state index contributed by atoms with van der Waals surface area (Å²) in [6.07, 6.45) is 11.0. The molecule has 1 aliphatic carbocycles. The number of imidazole rings is 1. The van der Waals surface area contributed by atoms with Crippen LogP contribution in [0.4, 0.5) is 0 Å². The fourth-order valence-corrected chi connectivity index (χ4v) is 6.65. The molecule has 0 amide bonds. The number of fused-ring (bicyclic) bond motifs is 3. The topological polar surface area (TPSA) is 83.9 Å². The first-order valence-electron chi connectivity index (χ1n) is 9.42. The van der Waals surface area contributed by atoms with Crippen molar-refractivity contribution >= 4 is 32.1 Å². The minimum absolute atomic E-state index is 0.154. The van der Waals surface area contributed by atoms with Gasteiger partial charge in [-0.1, -0.05) is 12.8 Å². The van der Waals surface area contributed by atoms with E-state index in [0.29, 0.717) is 13.1 Å². The van der Waals surface area contributed by atoms with Crippen LogP contribution in [0.3, 0.4) is 0 Å². The van der Waals surface area contributed by atoms with Gasteiger partial charge < -0.3 is 9.55 Å². The second kappa shape index (κ2) is 6.06. The Balaban J connectivity index is 1.40. The maximum Gasteiger partial charge on any atom is 0.216 e. The smallest absolute Gasteiger partial charge is 0.216 e. The van der Waals surface area contributed by atoms with Crippen LogP contribution in [0.1, 0.15) is 44.6 Å². The van der Waals surface area contributed by atoms with Crippen LogP contribution in [0.2, 0.25) is 0 Å². The Bertz CT molecular complexity index is 1040. The van der Waals surface area contributed by atoms with Crippen LogP contribution in [0, 0.1) is 0 Å². The lowest BCUT2D eigenvalue weighted by Crippen LogP contribution is -2.43. The fraction of sp³-hybridized carbons (Fsp3) is 0.556. The zero-order valence-electron chi connectivity index (χ0n) is 14.6. The van der Waals surface area contributed by atoms with Crippen LogP contribution < -0.4 is 0 Å². The van der Waals surface area contributed by atoms with Crippen LogP contribution in [-0.2, 0) is 10.0 Å². The van der Waals surface area contributed by atoms with E-state index < -0.39 is 10.0 Å². The lowest BCUT2D eigenvalue weighted by Gasteiger charge is -2.33. The Kier molecular flexibility index (Phi) is 3.79. The molecule has 1 aliphatic heterocycles. The molecule has 0 aromatic carbocycles. The summed E-state index contributed by atoms with van der Waals surface area (Å²) in [6, 6.07) is 2.30. The van der Waals surface area contributed by atoms with E-state index in [-0.39, 0.29) is 11.3 Å². The number of hydrogen-bond donors (Lipinski definition) is 1. The number of rotatable bonds is 3. The average molecular weight is 373 g/mol. The molecule has 3 aromatic heterocycles. The first-order chi connectivity index (χ1) is 12.6. The van der Waals surface area contributed by atoms with E-state index in [4.69, 9.17) is 0 Å². The van der Waals surface area contributed by atoms with Gasteiger partial charge in [0.05, 0.1) is 23.3 Å². The Morgan fingerprint density at radius 2 is 1.85 bits per heavy atom. The van der Waals surface area contributed by atoms with Crippen molar-refractivity contribution in [1.82, 2.24) is 23.8 Å². The number of nitrogens with one attached hydrogen (secondary N) is 1. The fourth-order valence-electron chi connectivity index (χ4n) is 4.58. The summed E-state index contributed by atoms with van der Waals surface area (Å²) in [5, 5.41) is 0.916. The number of sulfonamides is 1. The molecule has 7 nitrogen and oxygen atoms in total. The highest BCUT2D eigenvalue weighted by Crippen LogP contribution is 2.33. The molecule has 1 N–H and O–H groups in total. The Morgan fingerprint density at radius 1 is 1.08 bits per heavy atom. The van der Waals surface area contributed by atoms with E-state index in [0.717, 1.165) is 60.6 Å². The molecule has 4 heterocycles. The van der Waals surface area contributed by atoms with E-state index in [1.165, 1.54) is 0 Å². The first kappa shape index (κ1) is 16.3. The molecule has 5 rings (SSSR count). The van der Waals surface area contributed by atoms with Crippen LogP contribution in [-0.4, -0.2) is 50.6 Å². The third kappa shape index (κ3) is 2.46. The van der Waals surface area contributed by atoms with Crippen molar-refractivity contribution < 1.29 is 8.42 Å². The van der Waals surface area contributed by atoms with E-state index in [2.05, 4.69) is 19.5 Å². The molecule has 8 heteroatoms. The molecule has 1 saturated carbocycles. The lowest BCUT2D eigenvalue weighted by atomic mass is 10.1. The van der Waals surface area contributed by atoms with Gasteiger partial charge in [-0.15, -0.1) is 0 Å². The minimum atomic E-state index is -3.13. The Morgan fingerprint density at radius 3 is 2.62 bits per heavy atom. The van der Waals surface area contributed by atoms with E-state index in [1.54, 1.807) is 10.5 Å². The monoisotopic (exact) mass is 373 g/mol. The van der Waals surface area contributed by atoms with Crippen molar-refractivity contribution in [2.45, 2.75) is 49.8 Å². The summed E-state index contributed by atoms with van der Waals surface area (Å²) in [5.41, 5.74) is 2.84. The van der Waals surface area contributed by atoms with Gasteiger partial charge in [0.2, 0.25) is 10.0 Å². The number of H-pyrrole nitrogens is 1. The average Bonchev–Trinajstić information content (AvgIpc) is 3.40. The number of pyridine rings is 1.